The average molecular weight is 420 g/mol. The summed E-state index contributed by atoms with van der Waals surface area (Å²) in [5, 5.41) is 11.6. The predicted octanol–water partition coefficient (Wildman–Crippen LogP) is 1.77. The number of aryl methyl sites for hydroxylation is 1. The Morgan fingerprint density at radius 3 is 2.55 bits per heavy atom. The Morgan fingerprint density at radius 1 is 1.10 bits per heavy atom. The minimum absolute atomic E-state index is 0.128. The second kappa shape index (κ2) is 7.55. The van der Waals surface area contributed by atoms with E-state index in [1.165, 1.54) is 12.1 Å². The highest BCUT2D eigenvalue weighted by molar-refractivity contribution is 5.88. The van der Waals surface area contributed by atoms with E-state index in [-0.39, 0.29) is 5.69 Å². The first-order valence-corrected chi connectivity index (χ1v) is 10.0. The van der Waals surface area contributed by atoms with Crippen LogP contribution in [0.1, 0.15) is 5.56 Å². The molecule has 0 unspecified atom stereocenters. The third-order valence-corrected chi connectivity index (χ3v) is 5.54. The molecule has 0 saturated carbocycles. The maximum atomic E-state index is 14.5. The molecule has 0 amide bonds. The molecule has 1 aliphatic heterocycles. The first-order valence-electron chi connectivity index (χ1n) is 10.0. The quantitative estimate of drug-likeness (QED) is 0.540. The lowest BCUT2D eigenvalue weighted by atomic mass is 10.2. The van der Waals surface area contributed by atoms with E-state index in [0.717, 1.165) is 30.9 Å². The van der Waals surface area contributed by atoms with Crippen LogP contribution in [0.2, 0.25) is 0 Å². The van der Waals surface area contributed by atoms with Gasteiger partial charge in [-0.15, -0.1) is 0 Å². The number of anilines is 1. The van der Waals surface area contributed by atoms with Crippen molar-refractivity contribution in [2.75, 3.05) is 38.1 Å². The van der Waals surface area contributed by atoms with Crippen molar-refractivity contribution in [2.24, 2.45) is 0 Å². The lowest BCUT2D eigenvalue weighted by Crippen LogP contribution is -2.45. The lowest BCUT2D eigenvalue weighted by molar-refractivity contribution is 0.311. The highest BCUT2D eigenvalue weighted by atomic mass is 19.1. The van der Waals surface area contributed by atoms with Gasteiger partial charge in [0.2, 0.25) is 5.95 Å². The zero-order chi connectivity index (χ0) is 21.5. The van der Waals surface area contributed by atoms with Gasteiger partial charge in [0.05, 0.1) is 5.52 Å². The van der Waals surface area contributed by atoms with Crippen LogP contribution in [0.15, 0.2) is 41.5 Å². The number of nitrogens with one attached hydrogen (secondary N) is 1. The van der Waals surface area contributed by atoms with Crippen molar-refractivity contribution < 1.29 is 4.39 Å². The van der Waals surface area contributed by atoms with Crippen molar-refractivity contribution in [3.8, 4) is 16.9 Å². The number of nitrogens with zero attached hydrogens (tertiary/aromatic N) is 7. The Hall–Kier alpha value is -3.66. The summed E-state index contributed by atoms with van der Waals surface area (Å²) in [6.07, 6.45) is 3.39. The number of para-hydroxylation sites is 1. The molecule has 5 rings (SSSR count). The molecule has 4 aromatic rings. The largest absolute Gasteiger partial charge is 0.338 e. The fourth-order valence-electron chi connectivity index (χ4n) is 3.75. The molecule has 1 fully saturated rings. The maximum absolute atomic E-state index is 14.5. The highest BCUT2D eigenvalue weighted by Gasteiger charge is 2.19. The Bertz CT molecular complexity index is 1290. The van der Waals surface area contributed by atoms with E-state index in [9.17, 15) is 9.18 Å². The standard InChI is InChI=1S/C21H21FN8O/c1-13-4-3-5-15(22)20(13)30-17(31)10-16-19(27-30)18(26-25-16)14-11-23-21(24-12-14)29-8-6-28(2)7-9-29/h3-5,10-12,25H,6-9H2,1-2H3. The molecule has 9 nitrogen and oxygen atoms in total. The third kappa shape index (κ3) is 3.44. The number of aromatic amines is 1. The first kappa shape index (κ1) is 19.3. The summed E-state index contributed by atoms with van der Waals surface area (Å²) in [5.74, 6) is 0.155. The molecule has 3 aromatic heterocycles. The molecule has 0 spiro atoms. The maximum Gasteiger partial charge on any atom is 0.273 e. The van der Waals surface area contributed by atoms with Crippen molar-refractivity contribution in [3.05, 3.63) is 58.4 Å². The van der Waals surface area contributed by atoms with E-state index < -0.39 is 11.4 Å². The fourth-order valence-corrected chi connectivity index (χ4v) is 3.75. The van der Waals surface area contributed by atoms with Crippen LogP contribution in [-0.2, 0) is 0 Å². The molecule has 1 aromatic carbocycles. The van der Waals surface area contributed by atoms with Crippen molar-refractivity contribution in [1.82, 2.24) is 34.8 Å². The van der Waals surface area contributed by atoms with Gasteiger partial charge in [0.1, 0.15) is 22.7 Å². The van der Waals surface area contributed by atoms with Crippen LogP contribution in [0.3, 0.4) is 0 Å². The first-order chi connectivity index (χ1) is 15.0. The van der Waals surface area contributed by atoms with Gasteiger partial charge in [0.15, 0.2) is 0 Å². The second-order valence-electron chi connectivity index (χ2n) is 7.70. The third-order valence-electron chi connectivity index (χ3n) is 5.54. The fraction of sp³-hybridized carbons (Fsp3) is 0.286. The smallest absolute Gasteiger partial charge is 0.273 e. The Morgan fingerprint density at radius 2 is 1.84 bits per heavy atom. The van der Waals surface area contributed by atoms with Crippen LogP contribution in [0, 0.1) is 12.7 Å². The van der Waals surface area contributed by atoms with Crippen LogP contribution < -0.4 is 10.5 Å². The van der Waals surface area contributed by atoms with Crippen molar-refractivity contribution in [2.45, 2.75) is 6.92 Å². The molecule has 0 radical (unpaired) electrons. The zero-order valence-corrected chi connectivity index (χ0v) is 17.2. The monoisotopic (exact) mass is 420 g/mol. The van der Waals surface area contributed by atoms with E-state index in [4.69, 9.17) is 0 Å². The van der Waals surface area contributed by atoms with Crippen LogP contribution in [0.5, 0.6) is 0 Å². The molecule has 31 heavy (non-hydrogen) atoms. The molecule has 4 heterocycles. The van der Waals surface area contributed by atoms with Crippen molar-refractivity contribution in [3.63, 3.8) is 0 Å². The van der Waals surface area contributed by atoms with E-state index in [1.807, 2.05) is 0 Å². The van der Waals surface area contributed by atoms with E-state index >= 15 is 0 Å². The summed E-state index contributed by atoms with van der Waals surface area (Å²) >= 11 is 0. The molecular formula is C21H21FN8O. The summed E-state index contributed by atoms with van der Waals surface area (Å²) in [6, 6.07) is 6.00. The van der Waals surface area contributed by atoms with Gasteiger partial charge in [0, 0.05) is 50.2 Å². The molecule has 10 heteroatoms. The number of likely N-dealkylation sites (N-methyl/N-ethyl adjacent to an activating group) is 1. The topological polar surface area (TPSA) is 95.8 Å². The summed E-state index contributed by atoms with van der Waals surface area (Å²) in [4.78, 5) is 26.0. The van der Waals surface area contributed by atoms with Gasteiger partial charge in [-0.1, -0.05) is 12.1 Å². The highest BCUT2D eigenvalue weighted by Crippen LogP contribution is 2.25. The Balaban J connectivity index is 1.55. The van der Waals surface area contributed by atoms with Crippen LogP contribution in [0.25, 0.3) is 28.0 Å². The number of H-pyrrole nitrogens is 1. The normalized spacial score (nSPS) is 15.0. The summed E-state index contributed by atoms with van der Waals surface area (Å²) in [7, 11) is 2.10. The molecule has 0 bridgehead atoms. The molecule has 1 N–H and O–H groups in total. The molecule has 1 saturated heterocycles. The van der Waals surface area contributed by atoms with E-state index in [0.29, 0.717) is 33.8 Å². The number of benzene rings is 1. The lowest BCUT2D eigenvalue weighted by Gasteiger charge is -2.32. The van der Waals surface area contributed by atoms with Crippen LogP contribution >= 0.6 is 0 Å². The minimum Gasteiger partial charge on any atom is -0.338 e. The molecule has 0 atom stereocenters. The second-order valence-corrected chi connectivity index (χ2v) is 7.70. The Labute approximate surface area is 177 Å². The zero-order valence-electron chi connectivity index (χ0n) is 17.2. The van der Waals surface area contributed by atoms with Crippen molar-refractivity contribution >= 4 is 17.0 Å². The Kier molecular flexibility index (Phi) is 4.70. The van der Waals surface area contributed by atoms with Gasteiger partial charge in [-0.05, 0) is 25.6 Å². The minimum atomic E-state index is -0.515. The summed E-state index contributed by atoms with van der Waals surface area (Å²) in [6.45, 7) is 5.41. The average Bonchev–Trinajstić information content (AvgIpc) is 3.17. The number of hydrogen-bond donors (Lipinski definition) is 1. The van der Waals surface area contributed by atoms with Crippen LogP contribution in [-0.4, -0.2) is 68.1 Å². The molecule has 158 valence electrons. The number of halogens is 1. The number of fused-ring (bicyclic) bond motifs is 1. The summed E-state index contributed by atoms with van der Waals surface area (Å²) < 4.78 is 15.5. The van der Waals surface area contributed by atoms with Crippen molar-refractivity contribution in [1.29, 1.82) is 0 Å². The van der Waals surface area contributed by atoms with Gasteiger partial charge in [-0.3, -0.25) is 9.89 Å². The van der Waals surface area contributed by atoms with Gasteiger partial charge in [0.25, 0.3) is 5.56 Å². The van der Waals surface area contributed by atoms with Gasteiger partial charge < -0.3 is 9.80 Å². The van der Waals surface area contributed by atoms with E-state index in [2.05, 4.69) is 42.1 Å². The summed E-state index contributed by atoms with van der Waals surface area (Å²) in [5.41, 5.74) is 2.36. The molecular weight excluding hydrogens is 399 g/mol. The predicted molar refractivity (Wildman–Crippen MR) is 115 cm³/mol. The molecule has 0 aliphatic carbocycles. The number of hydrogen-bond acceptors (Lipinski definition) is 7. The van der Waals surface area contributed by atoms with E-state index in [1.54, 1.807) is 31.5 Å². The number of aromatic nitrogens is 6. The van der Waals surface area contributed by atoms with Gasteiger partial charge in [-0.2, -0.15) is 14.9 Å². The molecule has 1 aliphatic rings. The number of rotatable bonds is 3. The SMILES string of the molecule is Cc1cccc(F)c1-n1nc2c(-c3cnc(N4CCN(C)CC4)nc3)n[nH]c2cc1=O. The number of piperazine rings is 1. The van der Waals surface area contributed by atoms with Gasteiger partial charge in [-0.25, -0.2) is 14.4 Å². The van der Waals surface area contributed by atoms with Gasteiger partial charge >= 0.3 is 0 Å². The van der Waals surface area contributed by atoms with Crippen LogP contribution in [0.4, 0.5) is 10.3 Å².